The highest BCUT2D eigenvalue weighted by Gasteiger charge is 2.22. The lowest BCUT2D eigenvalue weighted by Crippen LogP contribution is -2.22. The number of hydrogen-bond acceptors (Lipinski definition) is 5. The molecule has 8 heteroatoms. The maximum Gasteiger partial charge on any atom is 0.284 e. The van der Waals surface area contributed by atoms with Crippen LogP contribution < -0.4 is 4.90 Å². The van der Waals surface area contributed by atoms with Gasteiger partial charge in [-0.15, -0.1) is 0 Å². The molecule has 0 aliphatic carbocycles. The molecule has 0 radical (unpaired) electrons. The number of hydrogen-bond donors (Lipinski definition) is 0. The molecule has 1 amide bonds. The van der Waals surface area contributed by atoms with Crippen molar-refractivity contribution in [3.8, 4) is 0 Å². The second-order valence-electron chi connectivity index (χ2n) is 5.72. The Morgan fingerprint density at radius 1 is 1.12 bits per heavy atom. The van der Waals surface area contributed by atoms with Crippen molar-refractivity contribution in [1.29, 1.82) is 0 Å². The number of anilines is 1. The molecule has 0 saturated carbocycles. The van der Waals surface area contributed by atoms with Crippen molar-refractivity contribution >= 4 is 40.6 Å². The lowest BCUT2D eigenvalue weighted by Gasteiger charge is -2.17. The van der Waals surface area contributed by atoms with Crippen LogP contribution in [0.15, 0.2) is 46.2 Å². The third kappa shape index (κ3) is 4.24. The number of rotatable bonds is 5. The summed E-state index contributed by atoms with van der Waals surface area (Å²) in [5.74, 6) is -0.160. The molecule has 0 aliphatic heterocycles. The van der Waals surface area contributed by atoms with Crippen LogP contribution in [0.2, 0.25) is 5.02 Å². The van der Waals surface area contributed by atoms with Crippen LogP contribution in [0.4, 0.5) is 11.4 Å². The van der Waals surface area contributed by atoms with Crippen LogP contribution >= 0.6 is 23.4 Å². The van der Waals surface area contributed by atoms with Gasteiger partial charge in [0.1, 0.15) is 0 Å². The summed E-state index contributed by atoms with van der Waals surface area (Å²) in [6.45, 7) is 0. The second-order valence-corrected chi connectivity index (χ2v) is 7.21. The molecular weight excluding hydrogens is 362 g/mol. The average molecular weight is 380 g/mol. The molecule has 2 aromatic rings. The van der Waals surface area contributed by atoms with Crippen molar-refractivity contribution in [2.45, 2.75) is 9.79 Å². The molecule has 0 saturated heterocycles. The van der Waals surface area contributed by atoms with E-state index in [1.54, 1.807) is 49.3 Å². The van der Waals surface area contributed by atoms with E-state index in [0.717, 1.165) is 0 Å². The number of nitrogens with zero attached hydrogens (tertiary/aromatic N) is 3. The second kappa shape index (κ2) is 7.76. The highest BCUT2D eigenvalue weighted by molar-refractivity contribution is 7.99. The molecule has 0 aliphatic rings. The van der Waals surface area contributed by atoms with Crippen molar-refractivity contribution in [2.75, 3.05) is 33.1 Å². The number of carbonyl (C=O) groups is 1. The van der Waals surface area contributed by atoms with Gasteiger partial charge in [0.05, 0.1) is 26.1 Å². The molecule has 0 fully saturated rings. The predicted octanol–water partition coefficient (Wildman–Crippen LogP) is 4.17. The summed E-state index contributed by atoms with van der Waals surface area (Å²) >= 11 is 7.33. The van der Waals surface area contributed by atoms with Crippen molar-refractivity contribution in [1.82, 2.24) is 4.90 Å². The molecular formula is C17H18ClN3O3S. The van der Waals surface area contributed by atoms with Crippen molar-refractivity contribution < 1.29 is 9.72 Å². The monoisotopic (exact) mass is 379 g/mol. The van der Waals surface area contributed by atoms with E-state index in [1.807, 2.05) is 14.1 Å². The average Bonchev–Trinajstić information content (AvgIpc) is 2.55. The minimum Gasteiger partial charge on any atom is -0.376 e. The molecule has 0 bridgehead atoms. The van der Waals surface area contributed by atoms with Crippen molar-refractivity contribution in [3.05, 3.63) is 57.1 Å². The fourth-order valence-electron chi connectivity index (χ4n) is 2.19. The minimum atomic E-state index is -0.468. The van der Waals surface area contributed by atoms with Crippen LogP contribution in [-0.2, 0) is 0 Å². The van der Waals surface area contributed by atoms with Crippen LogP contribution in [0.3, 0.4) is 0 Å². The van der Waals surface area contributed by atoms with Crippen LogP contribution in [0.25, 0.3) is 0 Å². The van der Waals surface area contributed by atoms with Gasteiger partial charge >= 0.3 is 0 Å². The van der Waals surface area contributed by atoms with Gasteiger partial charge in [0.15, 0.2) is 0 Å². The Labute approximate surface area is 155 Å². The van der Waals surface area contributed by atoms with Crippen molar-refractivity contribution in [2.24, 2.45) is 0 Å². The van der Waals surface area contributed by atoms with Gasteiger partial charge in [-0.3, -0.25) is 14.9 Å². The highest BCUT2D eigenvalue weighted by atomic mass is 35.5. The molecule has 25 heavy (non-hydrogen) atoms. The Morgan fingerprint density at radius 2 is 1.76 bits per heavy atom. The molecule has 132 valence electrons. The molecule has 2 aromatic carbocycles. The Balaban J connectivity index is 2.56. The van der Waals surface area contributed by atoms with E-state index in [1.165, 1.54) is 22.7 Å². The molecule has 0 N–H and O–H groups in total. The molecule has 0 heterocycles. The van der Waals surface area contributed by atoms with E-state index in [4.69, 9.17) is 11.6 Å². The lowest BCUT2D eigenvalue weighted by molar-refractivity contribution is -0.387. The Hall–Kier alpha value is -2.25. The third-order valence-corrected chi connectivity index (χ3v) is 4.88. The van der Waals surface area contributed by atoms with Crippen molar-refractivity contribution in [3.63, 3.8) is 0 Å². The zero-order valence-corrected chi connectivity index (χ0v) is 15.9. The number of carbonyl (C=O) groups excluding carboxylic acids is 1. The Kier molecular flexibility index (Phi) is 5.92. The highest BCUT2D eigenvalue weighted by Crippen LogP contribution is 2.41. The van der Waals surface area contributed by atoms with E-state index in [2.05, 4.69) is 0 Å². The zero-order chi connectivity index (χ0) is 18.7. The first-order valence-corrected chi connectivity index (χ1v) is 8.55. The first-order chi connectivity index (χ1) is 11.7. The quantitative estimate of drug-likeness (QED) is 0.576. The summed E-state index contributed by atoms with van der Waals surface area (Å²) in [5, 5.41) is 11.7. The third-order valence-electron chi connectivity index (χ3n) is 3.45. The van der Waals surface area contributed by atoms with Gasteiger partial charge < -0.3 is 9.80 Å². The lowest BCUT2D eigenvalue weighted by atomic mass is 10.2. The zero-order valence-electron chi connectivity index (χ0n) is 14.3. The van der Waals surface area contributed by atoms with Crippen LogP contribution in [0.1, 0.15) is 10.4 Å². The predicted molar refractivity (Wildman–Crippen MR) is 101 cm³/mol. The summed E-state index contributed by atoms with van der Waals surface area (Å²) in [5.41, 5.74) is 1.08. The number of benzene rings is 2. The van der Waals surface area contributed by atoms with Crippen LogP contribution in [0, 0.1) is 10.1 Å². The standard InChI is InChI=1S/C17H18ClN3O3S/c1-19(2)13-10-16(14(21(23)24)9-12(13)18)25-15-8-6-5-7-11(15)17(22)20(3)4/h5-10H,1-4H3. The Morgan fingerprint density at radius 3 is 2.32 bits per heavy atom. The number of nitro benzene ring substituents is 1. The van der Waals surface area contributed by atoms with Crippen LogP contribution in [0.5, 0.6) is 0 Å². The first kappa shape index (κ1) is 19.1. The van der Waals surface area contributed by atoms with Gasteiger partial charge in [-0.25, -0.2) is 0 Å². The molecule has 0 unspecified atom stereocenters. The van der Waals surface area contributed by atoms with E-state index in [0.29, 0.717) is 26.1 Å². The fraction of sp³-hybridized carbons (Fsp3) is 0.235. The minimum absolute atomic E-state index is 0.0901. The number of amides is 1. The molecule has 0 spiro atoms. The maximum atomic E-state index is 12.4. The van der Waals surface area contributed by atoms with E-state index < -0.39 is 4.92 Å². The van der Waals surface area contributed by atoms with E-state index >= 15 is 0 Å². The molecule has 0 aromatic heterocycles. The largest absolute Gasteiger partial charge is 0.376 e. The van der Waals surface area contributed by atoms with Gasteiger partial charge in [-0.1, -0.05) is 35.5 Å². The smallest absolute Gasteiger partial charge is 0.284 e. The SMILES string of the molecule is CN(C)C(=O)c1ccccc1Sc1cc(N(C)C)c(Cl)cc1[N+](=O)[O-]. The summed E-state index contributed by atoms with van der Waals surface area (Å²) in [7, 11) is 6.95. The van der Waals surface area contributed by atoms with Gasteiger partial charge in [-0.2, -0.15) is 0 Å². The maximum absolute atomic E-state index is 12.4. The van der Waals surface area contributed by atoms with Gasteiger partial charge in [-0.05, 0) is 18.2 Å². The molecule has 0 atom stereocenters. The van der Waals surface area contributed by atoms with Crippen LogP contribution in [-0.4, -0.2) is 43.9 Å². The normalized spacial score (nSPS) is 10.4. The first-order valence-electron chi connectivity index (χ1n) is 7.36. The van der Waals surface area contributed by atoms with Gasteiger partial charge in [0, 0.05) is 39.2 Å². The summed E-state index contributed by atoms with van der Waals surface area (Å²) in [6.07, 6.45) is 0. The number of halogens is 1. The summed E-state index contributed by atoms with van der Waals surface area (Å²) in [6, 6.07) is 10.1. The summed E-state index contributed by atoms with van der Waals surface area (Å²) < 4.78 is 0. The summed E-state index contributed by atoms with van der Waals surface area (Å²) in [4.78, 5) is 27.6. The number of nitro groups is 1. The fourth-order valence-corrected chi connectivity index (χ4v) is 3.58. The molecule has 2 rings (SSSR count). The Bertz CT molecular complexity index is 825. The van der Waals surface area contributed by atoms with Gasteiger partial charge in [0.2, 0.25) is 0 Å². The van der Waals surface area contributed by atoms with E-state index in [9.17, 15) is 14.9 Å². The van der Waals surface area contributed by atoms with E-state index in [-0.39, 0.29) is 11.6 Å². The molecule has 6 nitrogen and oxygen atoms in total. The topological polar surface area (TPSA) is 66.7 Å². The van der Waals surface area contributed by atoms with Gasteiger partial charge in [0.25, 0.3) is 11.6 Å².